The molecule has 3 heteroatoms. The first-order chi connectivity index (χ1) is 10.2. The molecular weight excluding hydrogens is 260 g/mol. The summed E-state index contributed by atoms with van der Waals surface area (Å²) < 4.78 is 0. The third-order valence-electron chi connectivity index (χ3n) is 4.59. The first-order valence-corrected chi connectivity index (χ1v) is 8.29. The molecule has 3 nitrogen and oxygen atoms in total. The molecule has 0 heterocycles. The highest BCUT2D eigenvalue weighted by atomic mass is 16.1. The lowest BCUT2D eigenvalue weighted by Crippen LogP contribution is -2.41. The van der Waals surface area contributed by atoms with Crippen LogP contribution in [-0.2, 0) is 4.79 Å². The zero-order valence-electron chi connectivity index (χ0n) is 13.1. The number of nitrogens with two attached hydrogens (primary N) is 1. The van der Waals surface area contributed by atoms with E-state index in [4.69, 9.17) is 5.73 Å². The summed E-state index contributed by atoms with van der Waals surface area (Å²) in [5.74, 6) is -0.102. The minimum absolute atomic E-state index is 0.0944. The Morgan fingerprint density at radius 2 is 1.67 bits per heavy atom. The van der Waals surface area contributed by atoms with Gasteiger partial charge in [0.25, 0.3) is 0 Å². The molecule has 2 atom stereocenters. The average Bonchev–Trinajstić information content (AvgIpc) is 2.49. The summed E-state index contributed by atoms with van der Waals surface area (Å²) in [5.41, 5.74) is 7.27. The number of hydrogen-bond acceptors (Lipinski definition) is 2. The van der Waals surface area contributed by atoms with E-state index in [2.05, 4.69) is 5.32 Å². The maximum Gasteiger partial charge on any atom is 0.224 e. The monoisotopic (exact) mass is 288 g/mol. The van der Waals surface area contributed by atoms with Crippen LogP contribution in [0.3, 0.4) is 0 Å². The smallest absolute Gasteiger partial charge is 0.224 e. The summed E-state index contributed by atoms with van der Waals surface area (Å²) in [5, 5.41) is 3.22. The van der Waals surface area contributed by atoms with Gasteiger partial charge in [-0.05, 0) is 18.4 Å². The lowest BCUT2D eigenvalue weighted by molar-refractivity contribution is -0.126. The molecule has 3 N–H and O–H groups in total. The van der Waals surface area contributed by atoms with Crippen LogP contribution in [0.4, 0.5) is 0 Å². The van der Waals surface area contributed by atoms with Crippen LogP contribution >= 0.6 is 0 Å². The van der Waals surface area contributed by atoms with Gasteiger partial charge >= 0.3 is 0 Å². The molecule has 0 radical (unpaired) electrons. The Kier molecular flexibility index (Phi) is 6.24. The van der Waals surface area contributed by atoms with E-state index in [0.29, 0.717) is 6.04 Å². The molecule has 1 amide bonds. The number of carbonyl (C=O) groups is 1. The number of carbonyl (C=O) groups excluding carboxylic acids is 1. The summed E-state index contributed by atoms with van der Waals surface area (Å²) in [7, 11) is 0. The third kappa shape index (κ3) is 4.85. The Balaban J connectivity index is 1.89. The predicted molar refractivity (Wildman–Crippen MR) is 86.8 cm³/mol. The SMILES string of the molecule is CC(C(=O)NC1CCCCCCC1)C(N)c1ccccc1. The van der Waals surface area contributed by atoms with Crippen LogP contribution in [0.15, 0.2) is 30.3 Å². The van der Waals surface area contributed by atoms with E-state index in [1.54, 1.807) is 0 Å². The molecule has 1 aliphatic carbocycles. The molecule has 0 spiro atoms. The third-order valence-corrected chi connectivity index (χ3v) is 4.59. The van der Waals surface area contributed by atoms with E-state index in [-0.39, 0.29) is 17.9 Å². The number of nitrogens with one attached hydrogen (secondary N) is 1. The Morgan fingerprint density at radius 3 is 2.29 bits per heavy atom. The van der Waals surface area contributed by atoms with Crippen LogP contribution in [0.5, 0.6) is 0 Å². The van der Waals surface area contributed by atoms with E-state index >= 15 is 0 Å². The standard InChI is InChI=1S/C18H28N2O/c1-14(17(19)15-10-6-5-7-11-15)18(21)20-16-12-8-3-2-4-9-13-16/h5-7,10-11,14,16-17H,2-4,8-9,12-13,19H2,1H3,(H,20,21). The molecule has 0 bridgehead atoms. The molecule has 1 aliphatic rings. The van der Waals surface area contributed by atoms with Crippen molar-refractivity contribution in [2.75, 3.05) is 0 Å². The maximum atomic E-state index is 12.4. The highest BCUT2D eigenvalue weighted by molar-refractivity contribution is 5.79. The van der Waals surface area contributed by atoms with Crippen LogP contribution in [0.2, 0.25) is 0 Å². The van der Waals surface area contributed by atoms with E-state index in [9.17, 15) is 4.79 Å². The van der Waals surface area contributed by atoms with Crippen LogP contribution in [0, 0.1) is 5.92 Å². The number of hydrogen-bond donors (Lipinski definition) is 2. The fraction of sp³-hybridized carbons (Fsp3) is 0.611. The number of rotatable bonds is 4. The molecule has 0 aliphatic heterocycles. The molecule has 1 aromatic carbocycles. The summed E-state index contributed by atoms with van der Waals surface area (Å²) in [6, 6.07) is 9.98. The van der Waals surface area contributed by atoms with Crippen molar-refractivity contribution in [3.8, 4) is 0 Å². The van der Waals surface area contributed by atoms with E-state index < -0.39 is 0 Å². The van der Waals surface area contributed by atoms with Gasteiger partial charge in [-0.15, -0.1) is 0 Å². The van der Waals surface area contributed by atoms with Crippen molar-refractivity contribution in [2.24, 2.45) is 11.7 Å². The fourth-order valence-electron chi connectivity index (χ4n) is 3.06. The molecule has 0 aromatic heterocycles. The molecule has 1 aromatic rings. The molecule has 21 heavy (non-hydrogen) atoms. The topological polar surface area (TPSA) is 55.1 Å². The van der Waals surface area contributed by atoms with Crippen molar-refractivity contribution in [2.45, 2.75) is 64.0 Å². The fourth-order valence-corrected chi connectivity index (χ4v) is 3.06. The summed E-state index contributed by atoms with van der Waals surface area (Å²) in [4.78, 5) is 12.4. The second kappa shape index (κ2) is 8.18. The quantitative estimate of drug-likeness (QED) is 0.890. The van der Waals surface area contributed by atoms with Crippen molar-refractivity contribution >= 4 is 5.91 Å². The van der Waals surface area contributed by atoms with Crippen LogP contribution in [0.25, 0.3) is 0 Å². The van der Waals surface area contributed by atoms with Crippen LogP contribution in [-0.4, -0.2) is 11.9 Å². The first-order valence-electron chi connectivity index (χ1n) is 8.29. The van der Waals surface area contributed by atoms with Gasteiger partial charge in [0.05, 0.1) is 5.92 Å². The average molecular weight is 288 g/mol. The van der Waals surface area contributed by atoms with E-state index in [0.717, 1.165) is 18.4 Å². The zero-order valence-corrected chi connectivity index (χ0v) is 13.1. The minimum atomic E-state index is -0.236. The van der Waals surface area contributed by atoms with Gasteiger partial charge in [0.1, 0.15) is 0 Å². The number of benzene rings is 1. The normalized spacial score (nSPS) is 20.1. The van der Waals surface area contributed by atoms with Gasteiger partial charge in [-0.3, -0.25) is 4.79 Å². The van der Waals surface area contributed by atoms with E-state index in [1.165, 1.54) is 32.1 Å². The van der Waals surface area contributed by atoms with Crippen molar-refractivity contribution in [3.05, 3.63) is 35.9 Å². The highest BCUT2D eigenvalue weighted by Gasteiger charge is 2.24. The van der Waals surface area contributed by atoms with Crippen LogP contribution in [0.1, 0.15) is 63.5 Å². The molecule has 2 rings (SSSR count). The van der Waals surface area contributed by atoms with Crippen molar-refractivity contribution in [1.82, 2.24) is 5.32 Å². The summed E-state index contributed by atoms with van der Waals surface area (Å²) in [6.45, 7) is 1.93. The van der Waals surface area contributed by atoms with Gasteiger partial charge in [0.2, 0.25) is 5.91 Å². The van der Waals surface area contributed by atoms with Gasteiger partial charge < -0.3 is 11.1 Å². The van der Waals surface area contributed by atoms with Crippen molar-refractivity contribution in [3.63, 3.8) is 0 Å². The lowest BCUT2D eigenvalue weighted by Gasteiger charge is -2.25. The van der Waals surface area contributed by atoms with Crippen LogP contribution < -0.4 is 11.1 Å². The molecule has 1 saturated carbocycles. The Bertz CT molecular complexity index is 424. The van der Waals surface area contributed by atoms with Gasteiger partial charge in [0.15, 0.2) is 0 Å². The largest absolute Gasteiger partial charge is 0.353 e. The summed E-state index contributed by atoms with van der Waals surface area (Å²) in [6.07, 6.45) is 8.61. The number of amides is 1. The molecule has 0 saturated heterocycles. The second-order valence-electron chi connectivity index (χ2n) is 6.28. The second-order valence-corrected chi connectivity index (χ2v) is 6.28. The Morgan fingerprint density at radius 1 is 1.10 bits per heavy atom. The zero-order chi connectivity index (χ0) is 15.1. The van der Waals surface area contributed by atoms with E-state index in [1.807, 2.05) is 37.3 Å². The molecule has 2 unspecified atom stereocenters. The molecule has 1 fully saturated rings. The van der Waals surface area contributed by atoms with Gasteiger partial charge in [0, 0.05) is 12.1 Å². The Labute approximate surface area is 128 Å². The van der Waals surface area contributed by atoms with Gasteiger partial charge in [-0.25, -0.2) is 0 Å². The lowest BCUT2D eigenvalue weighted by atomic mass is 9.93. The predicted octanol–water partition coefficient (Wildman–Crippen LogP) is 3.55. The maximum absolute atomic E-state index is 12.4. The molecule has 116 valence electrons. The molecular formula is C18H28N2O. The summed E-state index contributed by atoms with van der Waals surface area (Å²) >= 11 is 0. The Hall–Kier alpha value is -1.35. The van der Waals surface area contributed by atoms with Gasteiger partial charge in [-0.1, -0.05) is 69.4 Å². The highest BCUT2D eigenvalue weighted by Crippen LogP contribution is 2.21. The van der Waals surface area contributed by atoms with Gasteiger partial charge in [-0.2, -0.15) is 0 Å². The van der Waals surface area contributed by atoms with Crippen molar-refractivity contribution < 1.29 is 4.79 Å². The van der Waals surface area contributed by atoms with Crippen molar-refractivity contribution in [1.29, 1.82) is 0 Å². The first kappa shape index (κ1) is 16.0. The minimum Gasteiger partial charge on any atom is -0.353 e.